The summed E-state index contributed by atoms with van der Waals surface area (Å²) >= 11 is 1.71. The minimum atomic E-state index is 0.226. The molecule has 1 N–H and O–H groups in total. The molecule has 0 fully saturated rings. The van der Waals surface area contributed by atoms with E-state index in [9.17, 15) is 0 Å². The average Bonchev–Trinajstić information content (AvgIpc) is 1.95. The molecule has 0 aromatic heterocycles. The number of allylic oxidation sites excluding steroid dienone is 2. The van der Waals surface area contributed by atoms with Gasteiger partial charge in [0.2, 0.25) is 0 Å². The first-order valence-electron chi connectivity index (χ1n) is 3.24. The summed E-state index contributed by atoms with van der Waals surface area (Å²) < 4.78 is 0. The Labute approximate surface area is 65.8 Å². The summed E-state index contributed by atoms with van der Waals surface area (Å²) in [7, 11) is 0. The van der Waals surface area contributed by atoms with Gasteiger partial charge in [-0.15, -0.1) is 11.8 Å². The smallest absolute Gasteiger partial charge is 0.166 e. The van der Waals surface area contributed by atoms with Gasteiger partial charge in [-0.05, 0) is 25.7 Å². The first-order chi connectivity index (χ1) is 4.74. The van der Waals surface area contributed by atoms with Crippen molar-refractivity contribution in [1.82, 2.24) is 5.32 Å². The average molecular weight is 156 g/mol. The van der Waals surface area contributed by atoms with Gasteiger partial charge in [0.15, 0.2) is 5.50 Å². The molecule has 2 nitrogen and oxygen atoms in total. The van der Waals surface area contributed by atoms with Gasteiger partial charge in [-0.3, -0.25) is 4.99 Å². The summed E-state index contributed by atoms with van der Waals surface area (Å²) in [4.78, 5) is 4.25. The summed E-state index contributed by atoms with van der Waals surface area (Å²) in [6.07, 6.45) is 3.97. The van der Waals surface area contributed by atoms with Crippen LogP contribution in [0.3, 0.4) is 0 Å². The van der Waals surface area contributed by atoms with Crippen LogP contribution in [0.15, 0.2) is 16.3 Å². The molecule has 0 saturated carbocycles. The van der Waals surface area contributed by atoms with E-state index in [1.54, 1.807) is 11.8 Å². The maximum atomic E-state index is 4.25. The second-order valence-electron chi connectivity index (χ2n) is 2.32. The lowest BCUT2D eigenvalue weighted by atomic mass is 10.2. The number of thioether (sulfide) groups is 1. The molecule has 1 unspecified atom stereocenters. The molecule has 0 spiro atoms. The van der Waals surface area contributed by atoms with Crippen LogP contribution in [0.4, 0.5) is 0 Å². The van der Waals surface area contributed by atoms with Crippen LogP contribution in [0.25, 0.3) is 0 Å². The van der Waals surface area contributed by atoms with E-state index in [1.165, 1.54) is 11.3 Å². The summed E-state index contributed by atoms with van der Waals surface area (Å²) in [5.41, 5.74) is 2.68. The lowest BCUT2D eigenvalue weighted by Crippen LogP contribution is -2.26. The van der Waals surface area contributed by atoms with Crippen molar-refractivity contribution < 1.29 is 0 Å². The van der Waals surface area contributed by atoms with Crippen molar-refractivity contribution in [1.29, 1.82) is 0 Å². The van der Waals surface area contributed by atoms with Gasteiger partial charge in [-0.1, -0.05) is 0 Å². The van der Waals surface area contributed by atoms with Crippen LogP contribution < -0.4 is 5.32 Å². The SMILES string of the molecule is CSC1N=CC(C)=C(C)N1. The third kappa shape index (κ3) is 1.53. The number of hydrogen-bond acceptors (Lipinski definition) is 3. The molecule has 0 aliphatic carbocycles. The third-order valence-corrected chi connectivity index (χ3v) is 2.24. The molecule has 1 aliphatic rings. The van der Waals surface area contributed by atoms with Crippen LogP contribution in [-0.2, 0) is 0 Å². The standard InChI is InChI=1S/C7H12N2S/c1-5-4-8-7(10-3)9-6(5)2/h4,7,9H,1-3H3. The molecule has 0 aromatic rings. The Morgan fingerprint density at radius 2 is 2.30 bits per heavy atom. The predicted octanol–water partition coefficient (Wildman–Crippen LogP) is 1.60. The quantitative estimate of drug-likeness (QED) is 0.623. The summed E-state index contributed by atoms with van der Waals surface area (Å²) in [5, 5.41) is 3.26. The molecule has 3 heteroatoms. The highest BCUT2D eigenvalue weighted by Crippen LogP contribution is 2.12. The Hall–Kier alpha value is -0.440. The van der Waals surface area contributed by atoms with Gasteiger partial charge in [-0.25, -0.2) is 0 Å². The van der Waals surface area contributed by atoms with Crippen LogP contribution in [0.5, 0.6) is 0 Å². The minimum absolute atomic E-state index is 0.226. The molecule has 0 amide bonds. The first kappa shape index (κ1) is 7.66. The fourth-order valence-corrected chi connectivity index (χ4v) is 1.21. The van der Waals surface area contributed by atoms with Crippen molar-refractivity contribution in [2.75, 3.05) is 6.26 Å². The number of rotatable bonds is 1. The lowest BCUT2D eigenvalue weighted by molar-refractivity contribution is 0.759. The molecule has 10 heavy (non-hydrogen) atoms. The maximum absolute atomic E-state index is 4.25. The highest BCUT2D eigenvalue weighted by atomic mass is 32.2. The summed E-state index contributed by atoms with van der Waals surface area (Å²) in [6, 6.07) is 0. The van der Waals surface area contributed by atoms with Gasteiger partial charge in [0.05, 0.1) is 0 Å². The second kappa shape index (κ2) is 3.10. The van der Waals surface area contributed by atoms with E-state index in [0.717, 1.165) is 0 Å². The molecule has 1 aliphatic heterocycles. The fraction of sp³-hybridized carbons (Fsp3) is 0.571. The number of nitrogens with zero attached hydrogens (tertiary/aromatic N) is 1. The predicted molar refractivity (Wildman–Crippen MR) is 47.3 cm³/mol. The van der Waals surface area contributed by atoms with Crippen LogP contribution >= 0.6 is 11.8 Å². The monoisotopic (exact) mass is 156 g/mol. The molecule has 0 radical (unpaired) electrons. The van der Waals surface area contributed by atoms with Crippen molar-refractivity contribution >= 4 is 18.0 Å². The zero-order chi connectivity index (χ0) is 7.56. The Kier molecular flexibility index (Phi) is 2.38. The molecule has 56 valence electrons. The van der Waals surface area contributed by atoms with Gasteiger partial charge in [0.25, 0.3) is 0 Å². The highest BCUT2D eigenvalue weighted by Gasteiger charge is 2.07. The number of aliphatic imine (C=N–C) groups is 1. The van der Waals surface area contributed by atoms with Crippen LogP contribution in [0, 0.1) is 0 Å². The molecule has 0 saturated heterocycles. The van der Waals surface area contributed by atoms with E-state index in [2.05, 4.69) is 24.2 Å². The van der Waals surface area contributed by atoms with Gasteiger partial charge < -0.3 is 5.32 Å². The Morgan fingerprint density at radius 3 is 2.80 bits per heavy atom. The Morgan fingerprint density at radius 1 is 1.60 bits per heavy atom. The van der Waals surface area contributed by atoms with Gasteiger partial charge in [0, 0.05) is 11.9 Å². The van der Waals surface area contributed by atoms with E-state index in [0.29, 0.717) is 0 Å². The topological polar surface area (TPSA) is 24.4 Å². The molecule has 1 atom stereocenters. The van der Waals surface area contributed by atoms with Crippen LogP contribution in [0.1, 0.15) is 13.8 Å². The Bertz CT molecular complexity index is 184. The number of nitrogens with one attached hydrogen (secondary N) is 1. The third-order valence-electron chi connectivity index (χ3n) is 1.56. The van der Waals surface area contributed by atoms with Crippen molar-refractivity contribution in [3.05, 3.63) is 11.3 Å². The highest BCUT2D eigenvalue weighted by molar-refractivity contribution is 7.99. The van der Waals surface area contributed by atoms with Gasteiger partial charge >= 0.3 is 0 Å². The van der Waals surface area contributed by atoms with Gasteiger partial charge in [-0.2, -0.15) is 0 Å². The zero-order valence-electron chi connectivity index (χ0n) is 6.51. The lowest BCUT2D eigenvalue weighted by Gasteiger charge is -2.18. The summed E-state index contributed by atoms with van der Waals surface area (Å²) in [6.45, 7) is 4.13. The van der Waals surface area contributed by atoms with Crippen molar-refractivity contribution in [3.8, 4) is 0 Å². The van der Waals surface area contributed by atoms with Crippen molar-refractivity contribution in [2.45, 2.75) is 19.3 Å². The zero-order valence-corrected chi connectivity index (χ0v) is 7.33. The molecule has 0 bridgehead atoms. The van der Waals surface area contributed by atoms with Crippen molar-refractivity contribution in [2.24, 2.45) is 4.99 Å². The molecule has 0 aromatic carbocycles. The van der Waals surface area contributed by atoms with E-state index in [1.807, 2.05) is 12.5 Å². The minimum Gasteiger partial charge on any atom is -0.359 e. The normalized spacial score (nSPS) is 24.9. The van der Waals surface area contributed by atoms with Gasteiger partial charge in [0.1, 0.15) is 0 Å². The summed E-state index contributed by atoms with van der Waals surface area (Å²) in [5.74, 6) is 0. The van der Waals surface area contributed by atoms with E-state index in [4.69, 9.17) is 0 Å². The largest absolute Gasteiger partial charge is 0.359 e. The fourth-order valence-electron chi connectivity index (χ4n) is 0.732. The van der Waals surface area contributed by atoms with E-state index >= 15 is 0 Å². The maximum Gasteiger partial charge on any atom is 0.166 e. The van der Waals surface area contributed by atoms with E-state index in [-0.39, 0.29) is 5.50 Å². The molecular weight excluding hydrogens is 144 g/mol. The van der Waals surface area contributed by atoms with Crippen LogP contribution in [-0.4, -0.2) is 18.0 Å². The molecule has 1 heterocycles. The second-order valence-corrected chi connectivity index (χ2v) is 3.24. The molecule has 1 rings (SSSR count). The van der Waals surface area contributed by atoms with Crippen molar-refractivity contribution in [3.63, 3.8) is 0 Å². The first-order valence-corrected chi connectivity index (χ1v) is 4.53. The van der Waals surface area contributed by atoms with E-state index < -0.39 is 0 Å². The van der Waals surface area contributed by atoms with Crippen LogP contribution in [0.2, 0.25) is 0 Å². The molecular formula is C7H12N2S. The Balaban J connectivity index is 2.65. The number of hydrogen-bond donors (Lipinski definition) is 1.